The number of aryl methyl sites for hydroxylation is 1. The third kappa shape index (κ3) is 3.68. The summed E-state index contributed by atoms with van der Waals surface area (Å²) in [5, 5.41) is 0. The van der Waals surface area contributed by atoms with Crippen molar-refractivity contribution in [3.63, 3.8) is 0 Å². The maximum atomic E-state index is 14.1. The molecule has 0 N–H and O–H groups in total. The molecule has 0 radical (unpaired) electrons. The van der Waals surface area contributed by atoms with E-state index in [1.807, 2.05) is 47.9 Å². The molecule has 0 bridgehead atoms. The number of fused-ring (bicyclic) bond motifs is 2. The quantitative estimate of drug-likeness (QED) is 0.455. The third-order valence-corrected chi connectivity index (χ3v) is 7.50. The van der Waals surface area contributed by atoms with Gasteiger partial charge in [0.15, 0.2) is 0 Å². The normalized spacial score (nSPS) is 15.9. The molecule has 0 saturated carbocycles. The molecule has 3 aromatic carbocycles. The lowest BCUT2D eigenvalue weighted by Gasteiger charge is -2.34. The standard InChI is InChI=1S/C30H29N3O/c1-21-31-28-16-17-32(26-18-24-14-8-9-15-25(24)19-26)20-27(28)30(34)33(21)29(22-10-4-2-5-11-22)23-12-6-3-7-13-23/h2-15,26,29H,16-20H2,1H3. The van der Waals surface area contributed by atoms with Gasteiger partial charge in [-0.15, -0.1) is 0 Å². The summed E-state index contributed by atoms with van der Waals surface area (Å²) in [6.07, 6.45) is 2.96. The van der Waals surface area contributed by atoms with Crippen LogP contribution in [0.1, 0.15) is 45.4 Å². The van der Waals surface area contributed by atoms with Crippen LogP contribution in [-0.4, -0.2) is 27.0 Å². The third-order valence-electron chi connectivity index (χ3n) is 7.50. The molecule has 0 atom stereocenters. The first-order chi connectivity index (χ1) is 16.7. The fourth-order valence-electron chi connectivity index (χ4n) is 5.80. The molecule has 0 amide bonds. The van der Waals surface area contributed by atoms with Gasteiger partial charge in [0.1, 0.15) is 5.82 Å². The average molecular weight is 448 g/mol. The van der Waals surface area contributed by atoms with E-state index >= 15 is 0 Å². The van der Waals surface area contributed by atoms with Gasteiger partial charge >= 0.3 is 0 Å². The van der Waals surface area contributed by atoms with Crippen molar-refractivity contribution in [2.75, 3.05) is 6.54 Å². The van der Waals surface area contributed by atoms with Gasteiger partial charge in [0.25, 0.3) is 5.56 Å². The summed E-state index contributed by atoms with van der Waals surface area (Å²) < 4.78 is 1.91. The van der Waals surface area contributed by atoms with Crippen molar-refractivity contribution in [3.8, 4) is 0 Å². The second kappa shape index (κ2) is 8.69. The first kappa shape index (κ1) is 21.1. The van der Waals surface area contributed by atoms with Crippen LogP contribution >= 0.6 is 0 Å². The van der Waals surface area contributed by atoms with Crippen LogP contribution in [0.15, 0.2) is 89.7 Å². The smallest absolute Gasteiger partial charge is 0.259 e. The summed E-state index contributed by atoms with van der Waals surface area (Å²) in [5.41, 5.74) is 7.03. The fraction of sp³-hybridized carbons (Fsp3) is 0.267. The Labute approximate surface area is 200 Å². The molecule has 1 aromatic heterocycles. The average Bonchev–Trinajstić information content (AvgIpc) is 3.32. The highest BCUT2D eigenvalue weighted by Crippen LogP contribution is 2.30. The van der Waals surface area contributed by atoms with Gasteiger partial charge in [-0.3, -0.25) is 14.3 Å². The summed E-state index contributed by atoms with van der Waals surface area (Å²) in [6.45, 7) is 3.61. The van der Waals surface area contributed by atoms with Gasteiger partial charge in [0, 0.05) is 25.6 Å². The highest BCUT2D eigenvalue weighted by atomic mass is 16.1. The van der Waals surface area contributed by atoms with E-state index in [9.17, 15) is 4.79 Å². The summed E-state index contributed by atoms with van der Waals surface area (Å²) in [7, 11) is 0. The summed E-state index contributed by atoms with van der Waals surface area (Å²) in [6, 6.07) is 29.6. The molecule has 1 aliphatic heterocycles. The molecule has 4 heteroatoms. The lowest BCUT2D eigenvalue weighted by molar-refractivity contribution is 0.180. The molecule has 0 unspecified atom stereocenters. The molecule has 1 aliphatic carbocycles. The second-order valence-corrected chi connectivity index (χ2v) is 9.53. The topological polar surface area (TPSA) is 38.1 Å². The maximum Gasteiger partial charge on any atom is 0.259 e. The zero-order valence-electron chi connectivity index (χ0n) is 19.5. The molecule has 2 heterocycles. The fourth-order valence-corrected chi connectivity index (χ4v) is 5.80. The zero-order valence-corrected chi connectivity index (χ0v) is 19.5. The largest absolute Gasteiger partial charge is 0.295 e. The molecule has 0 spiro atoms. The van der Waals surface area contributed by atoms with Crippen LogP contribution in [0, 0.1) is 6.92 Å². The van der Waals surface area contributed by atoms with Gasteiger partial charge < -0.3 is 0 Å². The minimum absolute atomic E-state index is 0.0976. The van der Waals surface area contributed by atoms with Gasteiger partial charge in [-0.1, -0.05) is 84.9 Å². The summed E-state index contributed by atoms with van der Waals surface area (Å²) in [5.74, 6) is 0.781. The van der Waals surface area contributed by atoms with Crippen LogP contribution in [-0.2, 0) is 25.8 Å². The molecule has 170 valence electrons. The highest BCUT2D eigenvalue weighted by molar-refractivity contribution is 5.36. The van der Waals surface area contributed by atoms with Gasteiger partial charge in [-0.25, -0.2) is 4.98 Å². The Bertz CT molecular complexity index is 1310. The van der Waals surface area contributed by atoms with Crippen molar-refractivity contribution in [3.05, 3.63) is 135 Å². The Balaban J connectivity index is 1.40. The van der Waals surface area contributed by atoms with Gasteiger partial charge in [0.2, 0.25) is 0 Å². The van der Waals surface area contributed by atoms with E-state index in [1.54, 1.807) is 0 Å². The molecule has 2 aliphatic rings. The van der Waals surface area contributed by atoms with Crippen molar-refractivity contribution in [1.82, 2.24) is 14.5 Å². The first-order valence-electron chi connectivity index (χ1n) is 12.2. The van der Waals surface area contributed by atoms with E-state index < -0.39 is 0 Å². The van der Waals surface area contributed by atoms with E-state index in [0.717, 1.165) is 54.0 Å². The van der Waals surface area contributed by atoms with Gasteiger partial charge in [-0.2, -0.15) is 0 Å². The molecular formula is C30H29N3O. The monoisotopic (exact) mass is 447 g/mol. The van der Waals surface area contributed by atoms with Crippen molar-refractivity contribution in [2.24, 2.45) is 0 Å². The summed E-state index contributed by atoms with van der Waals surface area (Å²) >= 11 is 0. The van der Waals surface area contributed by atoms with Crippen molar-refractivity contribution in [1.29, 1.82) is 0 Å². The Morgan fingerprint density at radius 3 is 1.97 bits per heavy atom. The van der Waals surface area contributed by atoms with E-state index in [-0.39, 0.29) is 11.6 Å². The minimum atomic E-state index is -0.196. The molecule has 0 saturated heterocycles. The Kier molecular flexibility index (Phi) is 5.39. The van der Waals surface area contributed by atoms with E-state index in [1.165, 1.54) is 11.1 Å². The number of hydrogen-bond acceptors (Lipinski definition) is 3. The maximum absolute atomic E-state index is 14.1. The molecule has 0 fully saturated rings. The van der Waals surface area contributed by atoms with Crippen LogP contribution in [0.4, 0.5) is 0 Å². The van der Waals surface area contributed by atoms with Crippen LogP contribution in [0.25, 0.3) is 0 Å². The van der Waals surface area contributed by atoms with Crippen LogP contribution < -0.4 is 5.56 Å². The number of benzene rings is 3. The number of rotatable bonds is 4. The summed E-state index contributed by atoms with van der Waals surface area (Å²) in [4.78, 5) is 21.6. The molecular weight excluding hydrogens is 418 g/mol. The first-order valence-corrected chi connectivity index (χ1v) is 12.2. The van der Waals surface area contributed by atoms with E-state index in [4.69, 9.17) is 4.98 Å². The van der Waals surface area contributed by atoms with E-state index in [0.29, 0.717) is 12.6 Å². The predicted molar refractivity (Wildman–Crippen MR) is 135 cm³/mol. The lowest BCUT2D eigenvalue weighted by Crippen LogP contribution is -2.44. The second-order valence-electron chi connectivity index (χ2n) is 9.53. The number of hydrogen-bond donors (Lipinski definition) is 0. The van der Waals surface area contributed by atoms with Crippen LogP contribution in [0.3, 0.4) is 0 Å². The highest BCUT2D eigenvalue weighted by Gasteiger charge is 2.32. The molecule has 34 heavy (non-hydrogen) atoms. The van der Waals surface area contributed by atoms with Crippen molar-refractivity contribution >= 4 is 0 Å². The SMILES string of the molecule is Cc1nc2c(c(=O)n1C(c1ccccc1)c1ccccc1)CN(C1Cc3ccccc3C1)CC2. The Morgan fingerprint density at radius 1 is 0.824 bits per heavy atom. The molecule has 4 nitrogen and oxygen atoms in total. The Morgan fingerprint density at radius 2 is 1.38 bits per heavy atom. The van der Waals surface area contributed by atoms with Crippen LogP contribution in [0.5, 0.6) is 0 Å². The number of aromatic nitrogens is 2. The van der Waals surface area contributed by atoms with Crippen molar-refractivity contribution in [2.45, 2.75) is 44.8 Å². The predicted octanol–water partition coefficient (Wildman–Crippen LogP) is 4.71. The minimum Gasteiger partial charge on any atom is -0.295 e. The van der Waals surface area contributed by atoms with Crippen LogP contribution in [0.2, 0.25) is 0 Å². The zero-order chi connectivity index (χ0) is 23.1. The molecule has 6 rings (SSSR count). The van der Waals surface area contributed by atoms with E-state index in [2.05, 4.69) is 53.4 Å². The molecule has 4 aromatic rings. The van der Waals surface area contributed by atoms with Gasteiger partial charge in [0.05, 0.1) is 17.3 Å². The lowest BCUT2D eigenvalue weighted by atomic mass is 9.97. The number of nitrogens with zero attached hydrogens (tertiary/aromatic N) is 3. The van der Waals surface area contributed by atoms with Crippen molar-refractivity contribution < 1.29 is 0 Å². The van der Waals surface area contributed by atoms with Gasteiger partial charge in [-0.05, 0) is 42.0 Å². The Hall–Kier alpha value is -3.50.